The summed E-state index contributed by atoms with van der Waals surface area (Å²) >= 11 is 0. The Labute approximate surface area is 195 Å². The predicted octanol–water partition coefficient (Wildman–Crippen LogP) is 2.86. The van der Waals surface area contributed by atoms with Gasteiger partial charge in [-0.1, -0.05) is 48.5 Å². The van der Waals surface area contributed by atoms with Crippen LogP contribution in [0, 0.1) is 5.82 Å². The van der Waals surface area contributed by atoms with E-state index in [2.05, 4.69) is 4.90 Å². The van der Waals surface area contributed by atoms with Crippen molar-refractivity contribution in [3.8, 4) is 5.75 Å². The number of nitrogens with zero attached hydrogens (tertiary/aromatic N) is 2. The molecule has 0 aromatic heterocycles. The van der Waals surface area contributed by atoms with Gasteiger partial charge < -0.3 is 19.8 Å². The molecule has 178 valence electrons. The second-order valence-corrected chi connectivity index (χ2v) is 7.66. The molecule has 1 fully saturated rings. The Balaban J connectivity index is 0.000000481. The summed E-state index contributed by atoms with van der Waals surface area (Å²) in [4.78, 5) is 34.7. The summed E-state index contributed by atoms with van der Waals surface area (Å²) in [7, 11) is 0. The summed E-state index contributed by atoms with van der Waals surface area (Å²) in [5.74, 6) is -3.14. The first-order chi connectivity index (χ1) is 16.3. The quantitative estimate of drug-likeness (QED) is 0.555. The Morgan fingerprint density at radius 1 is 0.824 bits per heavy atom. The van der Waals surface area contributed by atoms with Crippen molar-refractivity contribution in [2.45, 2.75) is 6.54 Å². The van der Waals surface area contributed by atoms with E-state index in [-0.39, 0.29) is 18.3 Å². The van der Waals surface area contributed by atoms with Crippen LogP contribution in [-0.2, 0) is 20.9 Å². The summed E-state index contributed by atoms with van der Waals surface area (Å²) < 4.78 is 19.5. The summed E-state index contributed by atoms with van der Waals surface area (Å²) in [5, 5.41) is 17.0. The molecule has 3 aromatic rings. The minimum atomic E-state index is -1.82. The van der Waals surface area contributed by atoms with Gasteiger partial charge in [0, 0.05) is 38.3 Å². The number of carboxylic acids is 2. The molecule has 0 bridgehead atoms. The minimum absolute atomic E-state index is 0.0151. The van der Waals surface area contributed by atoms with Crippen LogP contribution in [0.4, 0.5) is 4.39 Å². The second kappa shape index (κ2) is 11.8. The number of carbonyl (C=O) groups excluding carboxylic acids is 1. The third kappa shape index (κ3) is 7.01. The zero-order valence-electron chi connectivity index (χ0n) is 18.4. The highest BCUT2D eigenvalue weighted by atomic mass is 19.1. The van der Waals surface area contributed by atoms with Crippen LogP contribution in [0.15, 0.2) is 66.7 Å². The highest BCUT2D eigenvalue weighted by Gasteiger charge is 2.22. The fourth-order valence-electron chi connectivity index (χ4n) is 3.52. The van der Waals surface area contributed by atoms with Crippen molar-refractivity contribution in [1.29, 1.82) is 0 Å². The highest BCUT2D eigenvalue weighted by molar-refractivity contribution is 6.27. The summed E-state index contributed by atoms with van der Waals surface area (Å²) in [6.45, 7) is 3.34. The van der Waals surface area contributed by atoms with Gasteiger partial charge >= 0.3 is 11.9 Å². The predicted molar refractivity (Wildman–Crippen MR) is 123 cm³/mol. The molecule has 0 unspecified atom stereocenters. The molecule has 34 heavy (non-hydrogen) atoms. The van der Waals surface area contributed by atoms with E-state index >= 15 is 0 Å². The number of rotatable bonds is 5. The van der Waals surface area contributed by atoms with Crippen LogP contribution < -0.4 is 4.74 Å². The molecule has 1 amide bonds. The number of ether oxygens (including phenoxy) is 1. The Hall–Kier alpha value is -3.98. The van der Waals surface area contributed by atoms with Crippen molar-refractivity contribution < 1.29 is 33.7 Å². The van der Waals surface area contributed by atoms with Crippen LogP contribution in [0.25, 0.3) is 10.8 Å². The Morgan fingerprint density at radius 2 is 1.44 bits per heavy atom. The first kappa shape index (κ1) is 24.7. The lowest BCUT2D eigenvalue weighted by molar-refractivity contribution is -0.159. The van der Waals surface area contributed by atoms with Crippen LogP contribution >= 0.6 is 0 Å². The lowest BCUT2D eigenvalue weighted by Gasteiger charge is -2.34. The van der Waals surface area contributed by atoms with Gasteiger partial charge in [0.2, 0.25) is 0 Å². The average molecular weight is 468 g/mol. The average Bonchev–Trinajstić information content (AvgIpc) is 2.84. The minimum Gasteiger partial charge on any atom is -0.484 e. The largest absolute Gasteiger partial charge is 0.484 e. The van der Waals surface area contributed by atoms with Gasteiger partial charge in [0.25, 0.3) is 5.91 Å². The van der Waals surface area contributed by atoms with Crippen LogP contribution in [0.1, 0.15) is 5.56 Å². The molecule has 9 heteroatoms. The number of benzene rings is 3. The van der Waals surface area contributed by atoms with Crippen molar-refractivity contribution in [2.24, 2.45) is 0 Å². The van der Waals surface area contributed by atoms with Gasteiger partial charge in [-0.05, 0) is 29.0 Å². The van der Waals surface area contributed by atoms with Gasteiger partial charge in [0.1, 0.15) is 11.6 Å². The Kier molecular flexibility index (Phi) is 8.53. The van der Waals surface area contributed by atoms with Crippen LogP contribution in [0.5, 0.6) is 5.75 Å². The van der Waals surface area contributed by atoms with E-state index in [1.807, 2.05) is 59.5 Å². The highest BCUT2D eigenvalue weighted by Crippen LogP contribution is 2.20. The molecule has 8 nitrogen and oxygen atoms in total. The number of hydrogen-bond acceptors (Lipinski definition) is 5. The van der Waals surface area contributed by atoms with Crippen molar-refractivity contribution >= 4 is 28.6 Å². The van der Waals surface area contributed by atoms with Crippen molar-refractivity contribution in [2.75, 3.05) is 32.8 Å². The number of hydrogen-bond donors (Lipinski definition) is 2. The van der Waals surface area contributed by atoms with Gasteiger partial charge in [-0.15, -0.1) is 0 Å². The number of piperazine rings is 1. The molecular formula is C25H25FN2O6. The Morgan fingerprint density at radius 3 is 2.09 bits per heavy atom. The molecule has 1 saturated heterocycles. The number of halogens is 1. The molecular weight excluding hydrogens is 443 g/mol. The van der Waals surface area contributed by atoms with Crippen LogP contribution in [-0.4, -0.2) is 70.6 Å². The summed E-state index contributed by atoms with van der Waals surface area (Å²) in [6, 6.07) is 20.7. The molecule has 0 atom stereocenters. The first-order valence-electron chi connectivity index (χ1n) is 10.6. The molecule has 3 aromatic carbocycles. The van der Waals surface area contributed by atoms with E-state index < -0.39 is 11.9 Å². The SMILES string of the molecule is O=C(COc1ccc2ccccc2c1)N1CCN(Cc2ccccc2F)CC1.O=C(O)C(=O)O. The van der Waals surface area contributed by atoms with Gasteiger partial charge in [-0.25, -0.2) is 14.0 Å². The van der Waals surface area contributed by atoms with E-state index in [1.54, 1.807) is 6.07 Å². The van der Waals surface area contributed by atoms with Gasteiger partial charge in [-0.2, -0.15) is 0 Å². The molecule has 2 N–H and O–H groups in total. The zero-order valence-corrected chi connectivity index (χ0v) is 18.4. The van der Waals surface area contributed by atoms with Gasteiger partial charge in [0.05, 0.1) is 0 Å². The van der Waals surface area contributed by atoms with Crippen LogP contribution in [0.3, 0.4) is 0 Å². The second-order valence-electron chi connectivity index (χ2n) is 7.66. The lowest BCUT2D eigenvalue weighted by Crippen LogP contribution is -2.49. The number of amides is 1. The standard InChI is InChI=1S/C23H23FN2O2.C2H2O4/c24-22-8-4-3-7-20(22)16-25-11-13-26(14-12-25)23(27)17-28-21-10-9-18-5-1-2-6-19(18)15-21;3-1(4)2(5)6/h1-10,15H,11-14,16-17H2;(H,3,4)(H,5,6). The topological polar surface area (TPSA) is 107 Å². The number of carbonyl (C=O) groups is 3. The van der Waals surface area contributed by atoms with E-state index in [0.717, 1.165) is 23.9 Å². The van der Waals surface area contributed by atoms with E-state index in [9.17, 15) is 9.18 Å². The van der Waals surface area contributed by atoms with Crippen molar-refractivity contribution in [3.63, 3.8) is 0 Å². The summed E-state index contributed by atoms with van der Waals surface area (Å²) in [6.07, 6.45) is 0. The van der Waals surface area contributed by atoms with E-state index in [1.165, 1.54) is 6.07 Å². The molecule has 1 aliphatic heterocycles. The van der Waals surface area contributed by atoms with Crippen LogP contribution in [0.2, 0.25) is 0 Å². The maximum Gasteiger partial charge on any atom is 0.414 e. The first-order valence-corrected chi connectivity index (χ1v) is 10.6. The van der Waals surface area contributed by atoms with E-state index in [0.29, 0.717) is 30.9 Å². The molecule has 1 heterocycles. The third-order valence-corrected chi connectivity index (χ3v) is 5.34. The summed E-state index contributed by atoms with van der Waals surface area (Å²) in [5.41, 5.74) is 0.696. The lowest BCUT2D eigenvalue weighted by atomic mass is 10.1. The smallest absolute Gasteiger partial charge is 0.414 e. The van der Waals surface area contributed by atoms with Gasteiger partial charge in [0.15, 0.2) is 6.61 Å². The molecule has 4 rings (SSSR count). The fourth-order valence-corrected chi connectivity index (χ4v) is 3.52. The maximum atomic E-state index is 13.8. The molecule has 0 radical (unpaired) electrons. The monoisotopic (exact) mass is 468 g/mol. The number of carboxylic acid groups (broad SMARTS) is 2. The van der Waals surface area contributed by atoms with E-state index in [4.69, 9.17) is 24.5 Å². The zero-order chi connectivity index (χ0) is 24.5. The van der Waals surface area contributed by atoms with Gasteiger partial charge in [-0.3, -0.25) is 9.69 Å². The normalized spacial score (nSPS) is 13.6. The fraction of sp³-hybridized carbons (Fsp3) is 0.240. The molecule has 0 saturated carbocycles. The number of aliphatic carboxylic acids is 2. The number of fused-ring (bicyclic) bond motifs is 1. The third-order valence-electron chi connectivity index (χ3n) is 5.34. The molecule has 0 aliphatic carbocycles. The van der Waals surface area contributed by atoms with Crippen molar-refractivity contribution in [1.82, 2.24) is 9.80 Å². The molecule has 1 aliphatic rings. The van der Waals surface area contributed by atoms with Crippen molar-refractivity contribution in [3.05, 3.63) is 78.1 Å². The molecule has 0 spiro atoms. The maximum absolute atomic E-state index is 13.8. The Bertz CT molecular complexity index is 1150.